The minimum absolute atomic E-state index is 0.0771. The van der Waals surface area contributed by atoms with E-state index >= 15 is 0 Å². The third-order valence-corrected chi connectivity index (χ3v) is 6.44. The SMILES string of the molecule is CN(C)C(=O)C(=O)c1n[nH]c2cc(Cl)c(C(=O)N3CCC(O)(Cc4ccc(F)cc4)CC3)cc12. The predicted octanol–water partition coefficient (Wildman–Crippen LogP) is 2.84. The molecule has 10 heteroatoms. The zero-order valence-electron chi connectivity index (χ0n) is 18.8. The Morgan fingerprint density at radius 2 is 1.82 bits per heavy atom. The van der Waals surface area contributed by atoms with Gasteiger partial charge in [-0.1, -0.05) is 23.7 Å². The van der Waals surface area contributed by atoms with Gasteiger partial charge in [0.25, 0.3) is 17.6 Å². The number of Topliss-reactive ketones (excluding diaryl/α,β-unsaturated/α-hetero) is 1. The fraction of sp³-hybridized carbons (Fsp3) is 0.333. The van der Waals surface area contributed by atoms with Crippen molar-refractivity contribution in [2.45, 2.75) is 24.9 Å². The van der Waals surface area contributed by atoms with Crippen LogP contribution in [-0.2, 0) is 11.2 Å². The van der Waals surface area contributed by atoms with Gasteiger partial charge in [0.2, 0.25) is 0 Å². The van der Waals surface area contributed by atoms with Gasteiger partial charge in [0.1, 0.15) is 11.5 Å². The Kier molecular flexibility index (Phi) is 6.42. The molecule has 1 fully saturated rings. The summed E-state index contributed by atoms with van der Waals surface area (Å²) in [5.74, 6) is -2.19. The topological polar surface area (TPSA) is 107 Å². The van der Waals surface area contributed by atoms with Gasteiger partial charge in [-0.25, -0.2) is 4.39 Å². The standard InChI is InChI=1S/C24H24ClFN4O4/c1-29(2)23(33)21(31)20-17-11-16(18(25)12-19(17)27-28-20)22(32)30-9-7-24(34,8-10-30)13-14-3-5-15(26)6-4-14/h3-6,11-12,34H,7-10,13H2,1-2H3,(H,27,28). The van der Waals surface area contributed by atoms with E-state index in [-0.39, 0.29) is 28.0 Å². The average molecular weight is 487 g/mol. The average Bonchev–Trinajstić information content (AvgIpc) is 3.21. The second kappa shape index (κ2) is 9.15. The molecule has 2 aromatic carbocycles. The number of carbonyl (C=O) groups is 3. The molecular weight excluding hydrogens is 463 g/mol. The summed E-state index contributed by atoms with van der Waals surface area (Å²) in [6, 6.07) is 8.98. The monoisotopic (exact) mass is 486 g/mol. The number of H-pyrrole nitrogens is 1. The summed E-state index contributed by atoms with van der Waals surface area (Å²) in [5.41, 5.74) is 0.363. The predicted molar refractivity (Wildman–Crippen MR) is 124 cm³/mol. The van der Waals surface area contributed by atoms with E-state index in [2.05, 4.69) is 10.2 Å². The van der Waals surface area contributed by atoms with E-state index in [0.29, 0.717) is 43.3 Å². The quantitative estimate of drug-likeness (QED) is 0.426. The van der Waals surface area contributed by atoms with E-state index in [1.165, 1.54) is 38.4 Å². The first-order chi connectivity index (χ1) is 16.1. The number of likely N-dealkylation sites (N-methyl/N-ethyl adjacent to an activating group) is 1. The van der Waals surface area contributed by atoms with Crippen molar-refractivity contribution in [3.63, 3.8) is 0 Å². The maximum atomic E-state index is 13.2. The number of aromatic nitrogens is 2. The largest absolute Gasteiger partial charge is 0.389 e. The van der Waals surface area contributed by atoms with Gasteiger partial charge < -0.3 is 14.9 Å². The molecule has 1 aliphatic heterocycles. The first-order valence-corrected chi connectivity index (χ1v) is 11.2. The Morgan fingerprint density at radius 3 is 2.44 bits per heavy atom. The lowest BCUT2D eigenvalue weighted by molar-refractivity contribution is -0.124. The highest BCUT2D eigenvalue weighted by molar-refractivity contribution is 6.44. The van der Waals surface area contributed by atoms with E-state index < -0.39 is 17.3 Å². The van der Waals surface area contributed by atoms with Crippen molar-refractivity contribution >= 4 is 40.1 Å². The van der Waals surface area contributed by atoms with Crippen LogP contribution in [0.1, 0.15) is 39.3 Å². The van der Waals surface area contributed by atoms with Crippen LogP contribution in [-0.4, -0.2) is 75.5 Å². The summed E-state index contributed by atoms with van der Waals surface area (Å²) in [6.07, 6.45) is 1.06. The minimum atomic E-state index is -1.00. The lowest BCUT2D eigenvalue weighted by atomic mass is 9.85. The number of halogens is 2. The summed E-state index contributed by atoms with van der Waals surface area (Å²) >= 11 is 6.36. The number of fused-ring (bicyclic) bond motifs is 1. The smallest absolute Gasteiger partial charge is 0.296 e. The molecule has 1 saturated heterocycles. The summed E-state index contributed by atoms with van der Waals surface area (Å²) in [5, 5.41) is 18.1. The molecule has 1 aliphatic rings. The second-order valence-corrected chi connectivity index (χ2v) is 9.21. The number of ketones is 1. The van der Waals surface area contributed by atoms with Crippen molar-refractivity contribution in [2.24, 2.45) is 0 Å². The van der Waals surface area contributed by atoms with Crippen LogP contribution in [0.5, 0.6) is 0 Å². The molecule has 178 valence electrons. The van der Waals surface area contributed by atoms with Gasteiger partial charge in [-0.2, -0.15) is 5.10 Å². The molecule has 1 aromatic heterocycles. The van der Waals surface area contributed by atoms with Crippen molar-refractivity contribution in [1.82, 2.24) is 20.0 Å². The van der Waals surface area contributed by atoms with E-state index in [0.717, 1.165) is 10.5 Å². The zero-order valence-corrected chi connectivity index (χ0v) is 19.5. The van der Waals surface area contributed by atoms with Gasteiger partial charge in [0.15, 0.2) is 0 Å². The maximum absolute atomic E-state index is 13.2. The second-order valence-electron chi connectivity index (χ2n) is 8.80. The molecule has 0 radical (unpaired) electrons. The van der Waals surface area contributed by atoms with Gasteiger partial charge >= 0.3 is 0 Å². The Balaban J connectivity index is 1.52. The molecule has 8 nitrogen and oxygen atoms in total. The van der Waals surface area contributed by atoms with Gasteiger partial charge in [-0.15, -0.1) is 0 Å². The summed E-state index contributed by atoms with van der Waals surface area (Å²) in [4.78, 5) is 40.6. The Labute approximate surface area is 200 Å². The summed E-state index contributed by atoms with van der Waals surface area (Å²) < 4.78 is 13.2. The van der Waals surface area contributed by atoms with Crippen molar-refractivity contribution in [2.75, 3.05) is 27.2 Å². The minimum Gasteiger partial charge on any atom is -0.389 e. The fourth-order valence-corrected chi connectivity index (χ4v) is 4.38. The third-order valence-electron chi connectivity index (χ3n) is 6.12. The molecule has 4 rings (SSSR count). The highest BCUT2D eigenvalue weighted by atomic mass is 35.5. The number of rotatable bonds is 5. The molecule has 2 N–H and O–H groups in total. The number of likely N-dealkylation sites (tertiary alicyclic amines) is 1. The molecule has 0 bridgehead atoms. The van der Waals surface area contributed by atoms with E-state index in [9.17, 15) is 23.9 Å². The first-order valence-electron chi connectivity index (χ1n) is 10.8. The highest BCUT2D eigenvalue weighted by Gasteiger charge is 2.35. The number of hydrogen-bond acceptors (Lipinski definition) is 5. The molecule has 2 heterocycles. The lowest BCUT2D eigenvalue weighted by Crippen LogP contribution is -2.47. The van der Waals surface area contributed by atoms with Crippen molar-refractivity contribution in [3.05, 3.63) is 64.1 Å². The fourth-order valence-electron chi connectivity index (χ4n) is 4.13. The highest BCUT2D eigenvalue weighted by Crippen LogP contribution is 2.30. The normalized spacial score (nSPS) is 15.4. The number of amides is 2. The molecule has 0 aliphatic carbocycles. The van der Waals surface area contributed by atoms with Crippen molar-refractivity contribution < 1.29 is 23.9 Å². The van der Waals surface area contributed by atoms with Gasteiger partial charge in [-0.3, -0.25) is 19.5 Å². The summed E-state index contributed by atoms with van der Waals surface area (Å²) in [7, 11) is 2.93. The van der Waals surface area contributed by atoms with Crippen LogP contribution < -0.4 is 0 Å². The molecular formula is C24H24ClFN4O4. The third kappa shape index (κ3) is 4.67. The van der Waals surface area contributed by atoms with Crippen LogP contribution in [0.4, 0.5) is 4.39 Å². The molecule has 0 unspecified atom stereocenters. The van der Waals surface area contributed by atoms with Gasteiger partial charge in [0, 0.05) is 39.0 Å². The molecule has 0 atom stereocenters. The molecule has 3 aromatic rings. The number of nitrogens with one attached hydrogen (secondary N) is 1. The first kappa shape index (κ1) is 23.8. The van der Waals surface area contributed by atoms with Crippen molar-refractivity contribution in [1.29, 1.82) is 0 Å². The number of aliphatic hydroxyl groups is 1. The zero-order chi connectivity index (χ0) is 24.6. The van der Waals surface area contributed by atoms with Crippen LogP contribution in [0.3, 0.4) is 0 Å². The Bertz CT molecular complexity index is 1260. The van der Waals surface area contributed by atoms with Crippen molar-refractivity contribution in [3.8, 4) is 0 Å². The molecule has 0 spiro atoms. The van der Waals surface area contributed by atoms with Crippen LogP contribution in [0.25, 0.3) is 10.9 Å². The van der Waals surface area contributed by atoms with Crippen LogP contribution in [0, 0.1) is 5.82 Å². The van der Waals surface area contributed by atoms with Gasteiger partial charge in [-0.05, 0) is 42.7 Å². The number of carbonyl (C=O) groups excluding carboxylic acids is 3. The Morgan fingerprint density at radius 1 is 1.18 bits per heavy atom. The number of piperidine rings is 1. The van der Waals surface area contributed by atoms with Gasteiger partial charge in [0.05, 0.1) is 21.7 Å². The van der Waals surface area contributed by atoms with Crippen LogP contribution in [0.15, 0.2) is 36.4 Å². The number of nitrogens with zero attached hydrogens (tertiary/aromatic N) is 3. The number of benzene rings is 2. The maximum Gasteiger partial charge on any atom is 0.296 e. The number of aromatic amines is 1. The van der Waals surface area contributed by atoms with Crippen LogP contribution in [0.2, 0.25) is 5.02 Å². The number of hydrogen-bond donors (Lipinski definition) is 2. The molecule has 0 saturated carbocycles. The Hall–Kier alpha value is -3.30. The van der Waals surface area contributed by atoms with E-state index in [1.54, 1.807) is 17.0 Å². The molecule has 2 amide bonds. The molecule has 34 heavy (non-hydrogen) atoms. The van der Waals surface area contributed by atoms with E-state index in [1.807, 2.05) is 0 Å². The lowest BCUT2D eigenvalue weighted by Gasteiger charge is -2.38. The van der Waals surface area contributed by atoms with Crippen LogP contribution >= 0.6 is 11.6 Å². The van der Waals surface area contributed by atoms with E-state index in [4.69, 9.17) is 11.6 Å². The summed E-state index contributed by atoms with van der Waals surface area (Å²) in [6.45, 7) is 0.613.